The fraction of sp³-hybridized carbons (Fsp3) is 0.346. The molecule has 1 heterocycles. The molecule has 3 aromatic rings. The molecule has 0 aliphatic heterocycles. The van der Waals surface area contributed by atoms with Crippen molar-refractivity contribution < 1.29 is 19.1 Å². The molecule has 0 bridgehead atoms. The van der Waals surface area contributed by atoms with Crippen LogP contribution in [0.15, 0.2) is 47.1 Å². The number of ketones is 1. The highest BCUT2D eigenvalue weighted by atomic mass is 16.5. The lowest BCUT2D eigenvalue weighted by atomic mass is 9.97. The number of anilines is 2. The van der Waals surface area contributed by atoms with Crippen molar-refractivity contribution in [2.45, 2.75) is 58.8 Å². The van der Waals surface area contributed by atoms with E-state index < -0.39 is 0 Å². The Morgan fingerprint density at radius 2 is 1.75 bits per heavy atom. The Hall–Kier alpha value is -3.41. The first-order chi connectivity index (χ1) is 15.3. The van der Waals surface area contributed by atoms with E-state index in [1.54, 1.807) is 6.07 Å². The van der Waals surface area contributed by atoms with E-state index in [0.29, 0.717) is 45.8 Å². The number of aromatic hydroxyl groups is 1. The fourth-order valence-electron chi connectivity index (χ4n) is 3.70. The minimum absolute atomic E-state index is 0.0648. The fourth-order valence-corrected chi connectivity index (χ4v) is 3.70. The Morgan fingerprint density at radius 1 is 1.06 bits per heavy atom. The summed E-state index contributed by atoms with van der Waals surface area (Å²) in [5.74, 6) is 1.50. The molecule has 0 amide bonds. The van der Waals surface area contributed by atoms with Gasteiger partial charge in [0, 0.05) is 29.9 Å². The van der Waals surface area contributed by atoms with Crippen molar-refractivity contribution in [1.29, 1.82) is 0 Å². The van der Waals surface area contributed by atoms with Gasteiger partial charge >= 0.3 is 0 Å². The average Bonchev–Trinajstić information content (AvgIpc) is 3.12. The molecule has 0 saturated carbocycles. The zero-order valence-electron chi connectivity index (χ0n) is 18.9. The number of phenolic OH excluding ortho intramolecular Hbond substituents is 1. The molecule has 0 aliphatic carbocycles. The van der Waals surface area contributed by atoms with E-state index in [1.165, 1.54) is 12.1 Å². The van der Waals surface area contributed by atoms with Crippen LogP contribution in [0.5, 0.6) is 11.5 Å². The number of nitrogen functional groups attached to an aromatic ring is 2. The number of fused-ring (bicyclic) bond motifs is 1. The predicted molar refractivity (Wildman–Crippen MR) is 129 cm³/mol. The second-order valence-corrected chi connectivity index (χ2v) is 8.09. The molecule has 5 N–H and O–H groups in total. The number of carbonyl (C=O) groups is 1. The molecule has 0 spiro atoms. The average molecular weight is 437 g/mol. The van der Waals surface area contributed by atoms with Gasteiger partial charge in [-0.05, 0) is 37.1 Å². The molecule has 1 aromatic heterocycles. The van der Waals surface area contributed by atoms with Crippen LogP contribution in [0.25, 0.3) is 11.0 Å². The molecule has 32 heavy (non-hydrogen) atoms. The number of ether oxygens (including phenoxy) is 1. The Balaban J connectivity index is 2.01. The number of allylic oxidation sites excluding steroid dienone is 1. The maximum absolute atomic E-state index is 13.5. The molecule has 6 heteroatoms. The number of hydrogen-bond acceptors (Lipinski definition) is 6. The van der Waals surface area contributed by atoms with Crippen LogP contribution in [-0.2, 0) is 6.42 Å². The lowest BCUT2D eigenvalue weighted by Crippen LogP contribution is -2.06. The summed E-state index contributed by atoms with van der Waals surface area (Å²) in [6.07, 6.45) is 6.53. The van der Waals surface area contributed by atoms with Gasteiger partial charge in [-0.25, -0.2) is 0 Å². The van der Waals surface area contributed by atoms with Gasteiger partial charge in [0.25, 0.3) is 0 Å². The SMILES string of the molecule is C=C(CCCC)Oc1ccc2c(C(=O)c3cc(N)c(O)c(N)c3)c(CCCCC)oc2c1. The summed E-state index contributed by atoms with van der Waals surface area (Å²) in [5, 5.41) is 10.6. The zero-order chi connectivity index (χ0) is 23.3. The number of rotatable bonds is 11. The molecule has 0 atom stereocenters. The molecular formula is C26H32N2O4. The standard InChI is InChI=1S/C26H32N2O4/c1-4-6-8-10-22-24(25(29)17-13-20(27)26(30)21(28)14-17)19-12-11-18(15-23(19)32-22)31-16(3)9-7-5-2/h11-15,30H,3-10,27-28H2,1-2H3. The molecule has 3 rings (SSSR count). The number of carbonyl (C=O) groups excluding carboxylic acids is 1. The normalized spacial score (nSPS) is 11.1. The molecular weight excluding hydrogens is 404 g/mol. The third kappa shape index (κ3) is 5.07. The van der Waals surface area contributed by atoms with E-state index in [0.717, 1.165) is 38.5 Å². The van der Waals surface area contributed by atoms with Crippen molar-refractivity contribution in [2.75, 3.05) is 11.5 Å². The Morgan fingerprint density at radius 3 is 2.41 bits per heavy atom. The van der Waals surface area contributed by atoms with Gasteiger partial charge in [0.05, 0.1) is 22.7 Å². The number of unbranched alkanes of at least 4 members (excludes halogenated alkanes) is 3. The highest BCUT2D eigenvalue weighted by molar-refractivity contribution is 6.17. The number of aryl methyl sites for hydroxylation is 1. The second-order valence-electron chi connectivity index (χ2n) is 8.09. The lowest BCUT2D eigenvalue weighted by molar-refractivity contribution is 0.103. The summed E-state index contributed by atoms with van der Waals surface area (Å²) < 4.78 is 12.0. The predicted octanol–water partition coefficient (Wildman–Crippen LogP) is 6.35. The van der Waals surface area contributed by atoms with Gasteiger partial charge in [0.2, 0.25) is 0 Å². The zero-order valence-corrected chi connectivity index (χ0v) is 18.9. The Labute approximate surface area is 188 Å². The highest BCUT2D eigenvalue weighted by Gasteiger charge is 2.23. The summed E-state index contributed by atoms with van der Waals surface area (Å²) in [6, 6.07) is 8.34. The molecule has 0 saturated heterocycles. The minimum Gasteiger partial charge on any atom is -0.504 e. The van der Waals surface area contributed by atoms with Crippen molar-refractivity contribution in [1.82, 2.24) is 0 Å². The lowest BCUT2D eigenvalue weighted by Gasteiger charge is -2.09. The third-order valence-corrected chi connectivity index (χ3v) is 5.47. The highest BCUT2D eigenvalue weighted by Crippen LogP contribution is 2.35. The maximum atomic E-state index is 13.5. The van der Waals surface area contributed by atoms with E-state index in [-0.39, 0.29) is 22.9 Å². The van der Waals surface area contributed by atoms with Crippen LogP contribution in [0.3, 0.4) is 0 Å². The van der Waals surface area contributed by atoms with Crippen molar-refractivity contribution >= 4 is 28.1 Å². The summed E-state index contributed by atoms with van der Waals surface area (Å²) in [6.45, 7) is 8.23. The first-order valence-corrected chi connectivity index (χ1v) is 11.2. The van der Waals surface area contributed by atoms with Gasteiger partial charge in [-0.15, -0.1) is 0 Å². The smallest absolute Gasteiger partial charge is 0.197 e. The number of nitrogens with two attached hydrogens (primary N) is 2. The summed E-state index contributed by atoms with van der Waals surface area (Å²) in [4.78, 5) is 13.5. The maximum Gasteiger partial charge on any atom is 0.197 e. The second kappa shape index (κ2) is 10.3. The van der Waals surface area contributed by atoms with Gasteiger partial charge < -0.3 is 25.7 Å². The van der Waals surface area contributed by atoms with Crippen LogP contribution in [0.2, 0.25) is 0 Å². The molecule has 6 nitrogen and oxygen atoms in total. The molecule has 0 radical (unpaired) electrons. The van der Waals surface area contributed by atoms with E-state index in [2.05, 4.69) is 20.4 Å². The number of phenols is 1. The summed E-state index contributed by atoms with van der Waals surface area (Å²) in [5.41, 5.74) is 13.2. The van der Waals surface area contributed by atoms with Gasteiger partial charge in [0.15, 0.2) is 11.5 Å². The van der Waals surface area contributed by atoms with E-state index in [1.807, 2.05) is 12.1 Å². The Bertz CT molecular complexity index is 1110. The van der Waals surface area contributed by atoms with Crippen LogP contribution in [0, 0.1) is 0 Å². The van der Waals surface area contributed by atoms with E-state index >= 15 is 0 Å². The largest absolute Gasteiger partial charge is 0.504 e. The first kappa shape index (κ1) is 23.3. The van der Waals surface area contributed by atoms with Gasteiger partial charge in [-0.2, -0.15) is 0 Å². The van der Waals surface area contributed by atoms with Crippen LogP contribution >= 0.6 is 0 Å². The quantitative estimate of drug-likeness (QED) is 0.106. The van der Waals surface area contributed by atoms with Crippen molar-refractivity contribution in [3.63, 3.8) is 0 Å². The molecule has 0 fully saturated rings. The third-order valence-electron chi connectivity index (χ3n) is 5.47. The molecule has 170 valence electrons. The number of benzene rings is 2. The molecule has 0 aliphatic rings. The van der Waals surface area contributed by atoms with Crippen molar-refractivity contribution in [3.8, 4) is 11.5 Å². The van der Waals surface area contributed by atoms with Crippen LogP contribution in [0.1, 0.15) is 74.1 Å². The monoisotopic (exact) mass is 436 g/mol. The molecule has 2 aromatic carbocycles. The first-order valence-electron chi connectivity index (χ1n) is 11.2. The minimum atomic E-state index is -0.241. The van der Waals surface area contributed by atoms with E-state index in [4.69, 9.17) is 20.6 Å². The van der Waals surface area contributed by atoms with E-state index in [9.17, 15) is 9.90 Å². The van der Waals surface area contributed by atoms with Gasteiger partial charge in [-0.1, -0.05) is 39.7 Å². The van der Waals surface area contributed by atoms with Crippen LogP contribution in [-0.4, -0.2) is 10.9 Å². The Kier molecular flexibility index (Phi) is 7.46. The summed E-state index contributed by atoms with van der Waals surface area (Å²) in [7, 11) is 0. The number of furan rings is 1. The van der Waals surface area contributed by atoms with Gasteiger partial charge in [0.1, 0.15) is 17.1 Å². The van der Waals surface area contributed by atoms with Crippen molar-refractivity contribution in [3.05, 3.63) is 59.6 Å². The topological polar surface area (TPSA) is 112 Å². The van der Waals surface area contributed by atoms with Crippen LogP contribution < -0.4 is 16.2 Å². The summed E-state index contributed by atoms with van der Waals surface area (Å²) >= 11 is 0. The van der Waals surface area contributed by atoms with Crippen LogP contribution in [0.4, 0.5) is 11.4 Å². The molecule has 0 unspecified atom stereocenters. The van der Waals surface area contributed by atoms with Crippen molar-refractivity contribution in [2.24, 2.45) is 0 Å². The number of hydrogen-bond donors (Lipinski definition) is 3. The van der Waals surface area contributed by atoms with Gasteiger partial charge in [-0.3, -0.25) is 4.79 Å².